The summed E-state index contributed by atoms with van der Waals surface area (Å²) in [7, 11) is -4.13. The minimum absolute atomic E-state index is 0.0195. The highest BCUT2D eigenvalue weighted by molar-refractivity contribution is 7.92. The van der Waals surface area contributed by atoms with Gasteiger partial charge in [-0.2, -0.15) is 12.7 Å². The van der Waals surface area contributed by atoms with E-state index in [1.54, 1.807) is 14.1 Å². The third-order valence-corrected chi connectivity index (χ3v) is 8.02. The summed E-state index contributed by atoms with van der Waals surface area (Å²) in [5.41, 5.74) is 0.278. The Kier molecular flexibility index (Phi) is 5.59. The predicted octanol–water partition coefficient (Wildman–Crippen LogP) is 2.17. The molecular formula is C17H24N4O4S2. The van der Waals surface area contributed by atoms with Gasteiger partial charge >= 0.3 is 0 Å². The molecule has 10 heteroatoms. The van der Waals surface area contributed by atoms with E-state index in [4.69, 9.17) is 0 Å². The summed E-state index contributed by atoms with van der Waals surface area (Å²) in [5.74, 6) is 0. The van der Waals surface area contributed by atoms with Gasteiger partial charge in [-0.3, -0.25) is 4.72 Å². The smallest absolute Gasteiger partial charge is 0.280 e. The molecule has 148 valence electrons. The zero-order valence-electron chi connectivity index (χ0n) is 15.4. The molecule has 0 spiro atoms. The number of hydrogen-bond acceptors (Lipinski definition) is 5. The Morgan fingerprint density at radius 3 is 2.26 bits per heavy atom. The Balaban J connectivity index is 1.76. The maximum Gasteiger partial charge on any atom is 0.280 e. The molecule has 1 fully saturated rings. The lowest BCUT2D eigenvalue weighted by atomic mass is 9.96. The Morgan fingerprint density at radius 2 is 1.70 bits per heavy atom. The molecule has 2 aromatic rings. The van der Waals surface area contributed by atoms with E-state index in [9.17, 15) is 16.8 Å². The summed E-state index contributed by atoms with van der Waals surface area (Å²) in [4.78, 5) is 3.97. The van der Waals surface area contributed by atoms with Crippen molar-refractivity contribution in [3.63, 3.8) is 0 Å². The highest BCUT2D eigenvalue weighted by atomic mass is 32.2. The van der Waals surface area contributed by atoms with Crippen LogP contribution >= 0.6 is 0 Å². The number of anilines is 1. The number of benzene rings is 1. The van der Waals surface area contributed by atoms with Gasteiger partial charge in [0.2, 0.25) is 10.0 Å². The number of aromatic nitrogens is 2. The van der Waals surface area contributed by atoms with Crippen LogP contribution in [0.1, 0.15) is 32.1 Å². The summed E-state index contributed by atoms with van der Waals surface area (Å²) < 4.78 is 55.6. The Morgan fingerprint density at radius 1 is 1.07 bits per heavy atom. The molecule has 1 aromatic heterocycles. The van der Waals surface area contributed by atoms with Crippen LogP contribution in [0.2, 0.25) is 0 Å². The number of imidazole rings is 1. The van der Waals surface area contributed by atoms with E-state index in [1.165, 1.54) is 45.7 Å². The second-order valence-corrected chi connectivity index (χ2v) is 10.4. The molecule has 1 aliphatic carbocycles. The van der Waals surface area contributed by atoms with Crippen molar-refractivity contribution in [1.29, 1.82) is 0 Å². The molecule has 1 N–H and O–H groups in total. The van der Waals surface area contributed by atoms with Crippen molar-refractivity contribution in [3.05, 3.63) is 36.8 Å². The van der Waals surface area contributed by atoms with E-state index >= 15 is 0 Å². The molecular weight excluding hydrogens is 388 g/mol. The second-order valence-electron chi connectivity index (χ2n) is 6.82. The molecule has 0 unspecified atom stereocenters. The fourth-order valence-corrected chi connectivity index (χ4v) is 5.69. The minimum Gasteiger partial charge on any atom is -0.339 e. The van der Waals surface area contributed by atoms with Crippen molar-refractivity contribution in [3.8, 4) is 0 Å². The van der Waals surface area contributed by atoms with Gasteiger partial charge in [-0.1, -0.05) is 19.3 Å². The minimum atomic E-state index is -3.82. The second kappa shape index (κ2) is 7.61. The van der Waals surface area contributed by atoms with Crippen molar-refractivity contribution < 1.29 is 16.8 Å². The zero-order valence-corrected chi connectivity index (χ0v) is 17.0. The normalized spacial score (nSPS) is 16.6. The fourth-order valence-electron chi connectivity index (χ4n) is 3.24. The molecule has 0 radical (unpaired) electrons. The summed E-state index contributed by atoms with van der Waals surface area (Å²) >= 11 is 0. The number of nitrogens with zero attached hydrogens (tertiary/aromatic N) is 3. The molecule has 0 atom stereocenters. The molecule has 3 rings (SSSR count). The first kappa shape index (κ1) is 19.8. The van der Waals surface area contributed by atoms with Gasteiger partial charge in [-0.05, 0) is 37.1 Å². The van der Waals surface area contributed by atoms with Crippen LogP contribution in [-0.2, 0) is 27.1 Å². The number of sulfonamides is 2. The lowest BCUT2D eigenvalue weighted by Gasteiger charge is -2.30. The largest absolute Gasteiger partial charge is 0.339 e. The van der Waals surface area contributed by atoms with Gasteiger partial charge in [0.15, 0.2) is 5.03 Å². The van der Waals surface area contributed by atoms with Gasteiger partial charge in [0, 0.05) is 32.0 Å². The Bertz CT molecular complexity index is 992. The van der Waals surface area contributed by atoms with E-state index < -0.39 is 20.0 Å². The summed E-state index contributed by atoms with van der Waals surface area (Å²) in [5, 5.41) is -0.0984. The third kappa shape index (κ3) is 4.33. The molecule has 1 heterocycles. The van der Waals surface area contributed by atoms with E-state index in [-0.39, 0.29) is 21.7 Å². The lowest BCUT2D eigenvalue weighted by Crippen LogP contribution is -2.38. The Labute approximate surface area is 160 Å². The average molecular weight is 413 g/mol. The molecule has 0 aliphatic heterocycles. The van der Waals surface area contributed by atoms with Crippen molar-refractivity contribution in [1.82, 2.24) is 13.9 Å². The zero-order chi connectivity index (χ0) is 19.7. The van der Waals surface area contributed by atoms with E-state index in [0.29, 0.717) is 0 Å². The van der Waals surface area contributed by atoms with Gasteiger partial charge in [0.25, 0.3) is 10.0 Å². The first-order chi connectivity index (χ1) is 12.7. The van der Waals surface area contributed by atoms with Gasteiger partial charge in [0.1, 0.15) is 0 Å². The predicted molar refractivity (Wildman–Crippen MR) is 102 cm³/mol. The van der Waals surface area contributed by atoms with Crippen LogP contribution in [0.15, 0.2) is 46.7 Å². The summed E-state index contributed by atoms with van der Waals surface area (Å²) in [6, 6.07) is 5.76. The topological polar surface area (TPSA) is 101 Å². The molecule has 8 nitrogen and oxygen atoms in total. The van der Waals surface area contributed by atoms with Gasteiger partial charge in [0.05, 0.1) is 11.2 Å². The summed E-state index contributed by atoms with van der Waals surface area (Å²) in [6.45, 7) is 0. The standard InChI is InChI=1S/C17H24N4O4S2/c1-20-12-17(18-13-20)26(22,23)19-14-8-10-16(11-9-14)27(24,25)21(2)15-6-4-3-5-7-15/h8-13,15,19H,3-7H2,1-2H3. The monoisotopic (exact) mass is 412 g/mol. The molecule has 0 bridgehead atoms. The third-order valence-electron chi connectivity index (χ3n) is 4.83. The van der Waals surface area contributed by atoms with Crippen LogP contribution in [0.25, 0.3) is 0 Å². The molecule has 0 amide bonds. The maximum absolute atomic E-state index is 12.8. The number of hydrogen-bond donors (Lipinski definition) is 1. The van der Waals surface area contributed by atoms with Crippen molar-refractivity contribution in [2.75, 3.05) is 11.8 Å². The van der Waals surface area contributed by atoms with Gasteiger partial charge in [-0.25, -0.2) is 13.4 Å². The van der Waals surface area contributed by atoms with Crippen molar-refractivity contribution >= 4 is 25.7 Å². The van der Waals surface area contributed by atoms with E-state index in [0.717, 1.165) is 32.1 Å². The number of rotatable bonds is 6. The number of aryl methyl sites for hydroxylation is 1. The van der Waals surface area contributed by atoms with Crippen molar-refractivity contribution in [2.45, 2.75) is 48.1 Å². The first-order valence-corrected chi connectivity index (χ1v) is 11.7. The molecule has 1 aromatic carbocycles. The maximum atomic E-state index is 12.8. The molecule has 0 saturated heterocycles. The molecule has 1 aliphatic rings. The van der Waals surface area contributed by atoms with Crippen LogP contribution in [0.5, 0.6) is 0 Å². The van der Waals surface area contributed by atoms with Crippen LogP contribution in [0, 0.1) is 0 Å². The van der Waals surface area contributed by atoms with Crippen LogP contribution in [-0.4, -0.2) is 43.8 Å². The fraction of sp³-hybridized carbons (Fsp3) is 0.471. The lowest BCUT2D eigenvalue weighted by molar-refractivity contribution is 0.286. The Hall–Kier alpha value is -1.91. The highest BCUT2D eigenvalue weighted by Crippen LogP contribution is 2.27. The first-order valence-electron chi connectivity index (χ1n) is 8.79. The van der Waals surface area contributed by atoms with Gasteiger partial charge < -0.3 is 4.57 Å². The van der Waals surface area contributed by atoms with Crippen LogP contribution < -0.4 is 4.72 Å². The van der Waals surface area contributed by atoms with Crippen LogP contribution in [0.3, 0.4) is 0 Å². The molecule has 27 heavy (non-hydrogen) atoms. The summed E-state index contributed by atoms with van der Waals surface area (Å²) in [6.07, 6.45) is 7.76. The van der Waals surface area contributed by atoms with Gasteiger partial charge in [-0.15, -0.1) is 0 Å². The SMILES string of the molecule is CN(C1CCCCC1)S(=O)(=O)c1ccc(NS(=O)(=O)c2cn(C)cn2)cc1. The average Bonchev–Trinajstić information content (AvgIpc) is 3.09. The van der Waals surface area contributed by atoms with E-state index in [1.807, 2.05) is 0 Å². The van der Waals surface area contributed by atoms with Crippen molar-refractivity contribution in [2.24, 2.45) is 7.05 Å². The number of nitrogens with one attached hydrogen (secondary N) is 1. The van der Waals surface area contributed by atoms with E-state index in [2.05, 4.69) is 9.71 Å². The van der Waals surface area contributed by atoms with Crippen LogP contribution in [0.4, 0.5) is 5.69 Å². The quantitative estimate of drug-likeness (QED) is 0.784. The highest BCUT2D eigenvalue weighted by Gasteiger charge is 2.29. The molecule has 1 saturated carbocycles.